The van der Waals surface area contributed by atoms with Crippen LogP contribution >= 0.6 is 11.6 Å². The van der Waals surface area contributed by atoms with Crippen LogP contribution in [0.25, 0.3) is 0 Å². The summed E-state index contributed by atoms with van der Waals surface area (Å²) >= 11 is 5.66. The van der Waals surface area contributed by atoms with E-state index < -0.39 is 10.2 Å². The van der Waals surface area contributed by atoms with E-state index in [0.717, 1.165) is 4.31 Å². The first-order chi connectivity index (χ1) is 6.42. The predicted molar refractivity (Wildman–Crippen MR) is 55.5 cm³/mol. The lowest BCUT2D eigenvalue weighted by Gasteiger charge is -2.12. The van der Waals surface area contributed by atoms with Gasteiger partial charge in [0.1, 0.15) is 5.82 Å². The van der Waals surface area contributed by atoms with Gasteiger partial charge in [0, 0.05) is 31.4 Å². The minimum Gasteiger partial charge on any atom is -0.254 e. The summed E-state index contributed by atoms with van der Waals surface area (Å²) in [5.74, 6) is 0.200. The number of rotatable bonds is 3. The van der Waals surface area contributed by atoms with E-state index in [-0.39, 0.29) is 5.82 Å². The van der Waals surface area contributed by atoms with Gasteiger partial charge in [-0.1, -0.05) is 11.6 Å². The molecule has 5 nitrogen and oxygen atoms in total. The Hall–Kier alpha value is -0.850. The van der Waals surface area contributed by atoms with Crippen LogP contribution in [0, 0.1) is 0 Å². The smallest absolute Gasteiger partial charge is 0.254 e. The summed E-state index contributed by atoms with van der Waals surface area (Å²) in [7, 11) is -0.659. The van der Waals surface area contributed by atoms with E-state index in [0.29, 0.717) is 5.02 Å². The van der Waals surface area contributed by atoms with Crippen LogP contribution in [-0.4, -0.2) is 31.8 Å². The van der Waals surface area contributed by atoms with Gasteiger partial charge in [-0.05, 0) is 6.07 Å². The second-order valence-corrected chi connectivity index (χ2v) is 5.07. The molecule has 0 atom stereocenters. The fourth-order valence-corrected chi connectivity index (χ4v) is 1.40. The molecule has 1 rings (SSSR count). The Bertz CT molecular complexity index is 419. The van der Waals surface area contributed by atoms with E-state index in [9.17, 15) is 8.42 Å². The van der Waals surface area contributed by atoms with E-state index in [2.05, 4.69) is 9.71 Å². The maximum atomic E-state index is 11.3. The molecule has 0 saturated heterocycles. The molecule has 78 valence electrons. The van der Waals surface area contributed by atoms with Crippen molar-refractivity contribution in [1.29, 1.82) is 0 Å². The number of nitrogens with zero attached hydrogens (tertiary/aromatic N) is 2. The van der Waals surface area contributed by atoms with Crippen molar-refractivity contribution in [3.05, 3.63) is 23.4 Å². The predicted octanol–water partition coefficient (Wildman–Crippen LogP) is 0.953. The first-order valence-electron chi connectivity index (χ1n) is 3.73. The van der Waals surface area contributed by atoms with Gasteiger partial charge in [0.15, 0.2) is 0 Å². The molecule has 0 aliphatic heterocycles. The Morgan fingerprint density at radius 2 is 2.14 bits per heavy atom. The highest BCUT2D eigenvalue weighted by Gasteiger charge is 2.13. The fourth-order valence-electron chi connectivity index (χ4n) is 0.684. The summed E-state index contributed by atoms with van der Waals surface area (Å²) in [5, 5.41) is 0.427. The van der Waals surface area contributed by atoms with Crippen LogP contribution in [-0.2, 0) is 10.2 Å². The van der Waals surface area contributed by atoms with Gasteiger partial charge in [-0.2, -0.15) is 12.7 Å². The third-order valence-electron chi connectivity index (χ3n) is 1.44. The molecule has 0 fully saturated rings. The lowest BCUT2D eigenvalue weighted by atomic mass is 10.5. The van der Waals surface area contributed by atoms with Crippen LogP contribution in [0.1, 0.15) is 0 Å². The average Bonchev–Trinajstić information content (AvgIpc) is 2.02. The number of hydrogen-bond acceptors (Lipinski definition) is 3. The molecule has 0 amide bonds. The maximum Gasteiger partial charge on any atom is 0.302 e. The Morgan fingerprint density at radius 1 is 1.50 bits per heavy atom. The molecule has 0 saturated carbocycles. The van der Waals surface area contributed by atoms with E-state index in [4.69, 9.17) is 11.6 Å². The number of nitrogens with one attached hydrogen (secondary N) is 1. The monoisotopic (exact) mass is 235 g/mol. The molecule has 0 aliphatic rings. The molecule has 7 heteroatoms. The minimum atomic E-state index is -3.51. The zero-order chi connectivity index (χ0) is 10.8. The Kier molecular flexibility index (Phi) is 3.30. The topological polar surface area (TPSA) is 62.3 Å². The fraction of sp³-hybridized carbons (Fsp3) is 0.286. The van der Waals surface area contributed by atoms with Gasteiger partial charge in [0.2, 0.25) is 0 Å². The van der Waals surface area contributed by atoms with Crippen molar-refractivity contribution in [2.45, 2.75) is 0 Å². The molecule has 0 aromatic carbocycles. The standard InChI is InChI=1S/C7H10ClN3O2S/c1-11(2)14(12,13)10-7-5-6(8)3-4-9-7/h3-5H,1-2H3,(H,9,10). The van der Waals surface area contributed by atoms with Gasteiger partial charge >= 0.3 is 10.2 Å². The van der Waals surface area contributed by atoms with Crippen LogP contribution in [0.2, 0.25) is 5.02 Å². The van der Waals surface area contributed by atoms with Crippen molar-refractivity contribution in [1.82, 2.24) is 9.29 Å². The Labute approximate surface area is 87.9 Å². The molecule has 0 unspecified atom stereocenters. The van der Waals surface area contributed by atoms with Crippen molar-refractivity contribution < 1.29 is 8.42 Å². The van der Waals surface area contributed by atoms with Crippen LogP contribution < -0.4 is 4.72 Å². The van der Waals surface area contributed by atoms with Gasteiger partial charge < -0.3 is 0 Å². The average molecular weight is 236 g/mol. The van der Waals surface area contributed by atoms with Gasteiger partial charge in [-0.15, -0.1) is 0 Å². The van der Waals surface area contributed by atoms with Crippen molar-refractivity contribution in [3.8, 4) is 0 Å². The SMILES string of the molecule is CN(C)S(=O)(=O)Nc1cc(Cl)ccn1. The highest BCUT2D eigenvalue weighted by Crippen LogP contribution is 2.13. The van der Waals surface area contributed by atoms with E-state index in [1.165, 1.54) is 26.4 Å². The van der Waals surface area contributed by atoms with Crippen molar-refractivity contribution in [2.24, 2.45) is 0 Å². The maximum absolute atomic E-state index is 11.3. The molecule has 0 aliphatic carbocycles. The van der Waals surface area contributed by atoms with Crippen LogP contribution in [0.5, 0.6) is 0 Å². The quantitative estimate of drug-likeness (QED) is 0.849. The van der Waals surface area contributed by atoms with Gasteiger partial charge in [0.25, 0.3) is 0 Å². The lowest BCUT2D eigenvalue weighted by molar-refractivity contribution is 0.526. The number of aromatic nitrogens is 1. The molecule has 1 aromatic heterocycles. The minimum absolute atomic E-state index is 0.200. The molecule has 1 heterocycles. The van der Waals surface area contributed by atoms with Gasteiger partial charge in [-0.3, -0.25) is 4.72 Å². The Morgan fingerprint density at radius 3 is 2.64 bits per heavy atom. The lowest BCUT2D eigenvalue weighted by Crippen LogP contribution is -2.29. The molecule has 14 heavy (non-hydrogen) atoms. The van der Waals surface area contributed by atoms with Crippen molar-refractivity contribution >= 4 is 27.6 Å². The van der Waals surface area contributed by atoms with Crippen LogP contribution in [0.4, 0.5) is 5.82 Å². The zero-order valence-electron chi connectivity index (χ0n) is 7.73. The summed E-state index contributed by atoms with van der Waals surface area (Å²) in [6.45, 7) is 0. The second kappa shape index (κ2) is 4.12. The number of anilines is 1. The number of halogens is 1. The molecular weight excluding hydrogens is 226 g/mol. The van der Waals surface area contributed by atoms with Crippen molar-refractivity contribution in [2.75, 3.05) is 18.8 Å². The van der Waals surface area contributed by atoms with Gasteiger partial charge in [-0.25, -0.2) is 4.98 Å². The summed E-state index contributed by atoms with van der Waals surface area (Å²) in [6, 6.07) is 3.00. The van der Waals surface area contributed by atoms with Crippen molar-refractivity contribution in [3.63, 3.8) is 0 Å². The number of pyridine rings is 1. The highest BCUT2D eigenvalue weighted by molar-refractivity contribution is 7.90. The van der Waals surface area contributed by atoms with Crippen LogP contribution in [0.3, 0.4) is 0 Å². The van der Waals surface area contributed by atoms with Gasteiger partial charge in [0.05, 0.1) is 0 Å². The van der Waals surface area contributed by atoms with E-state index in [1.54, 1.807) is 6.07 Å². The van der Waals surface area contributed by atoms with E-state index >= 15 is 0 Å². The molecule has 0 spiro atoms. The first kappa shape index (κ1) is 11.2. The molecule has 1 N–H and O–H groups in total. The largest absolute Gasteiger partial charge is 0.302 e. The Balaban J connectivity index is 2.90. The summed E-state index contributed by atoms with van der Waals surface area (Å²) in [4.78, 5) is 3.81. The number of hydrogen-bond donors (Lipinski definition) is 1. The summed E-state index contributed by atoms with van der Waals surface area (Å²) in [5.41, 5.74) is 0. The summed E-state index contributed by atoms with van der Waals surface area (Å²) < 4.78 is 26.0. The second-order valence-electron chi connectivity index (χ2n) is 2.75. The van der Waals surface area contributed by atoms with Crippen LogP contribution in [0.15, 0.2) is 18.3 Å². The first-order valence-corrected chi connectivity index (χ1v) is 5.55. The molecule has 0 radical (unpaired) electrons. The normalized spacial score (nSPS) is 11.7. The summed E-state index contributed by atoms with van der Waals surface area (Å²) in [6.07, 6.45) is 1.43. The zero-order valence-corrected chi connectivity index (χ0v) is 9.30. The highest BCUT2D eigenvalue weighted by atomic mass is 35.5. The molecular formula is C7H10ClN3O2S. The third kappa shape index (κ3) is 2.83. The molecule has 1 aromatic rings. The third-order valence-corrected chi connectivity index (χ3v) is 3.10. The van der Waals surface area contributed by atoms with E-state index in [1.807, 2.05) is 0 Å². The molecule has 0 bridgehead atoms.